The third kappa shape index (κ3) is 5.88. The quantitative estimate of drug-likeness (QED) is 0.624. The Kier molecular flexibility index (Phi) is 6.24. The second-order valence-electron chi connectivity index (χ2n) is 5.61. The van der Waals surface area contributed by atoms with Crippen molar-refractivity contribution in [3.63, 3.8) is 0 Å². The molecule has 0 aliphatic carbocycles. The maximum Gasteiger partial charge on any atom is 0.401 e. The van der Waals surface area contributed by atoms with E-state index in [0.29, 0.717) is 37.9 Å². The van der Waals surface area contributed by atoms with Crippen LogP contribution in [0.3, 0.4) is 0 Å². The fourth-order valence-corrected chi connectivity index (χ4v) is 2.59. The molecule has 134 valence electrons. The number of hydrogen-bond donors (Lipinski definition) is 2. The first-order valence-corrected chi connectivity index (χ1v) is 7.65. The summed E-state index contributed by atoms with van der Waals surface area (Å²) in [5.74, 6) is 1.08. The van der Waals surface area contributed by atoms with E-state index in [-0.39, 0.29) is 6.04 Å². The molecule has 9 heteroatoms. The van der Waals surface area contributed by atoms with Crippen molar-refractivity contribution in [3.05, 3.63) is 23.9 Å². The second-order valence-corrected chi connectivity index (χ2v) is 5.61. The summed E-state index contributed by atoms with van der Waals surface area (Å²) < 4.78 is 42.3. The highest BCUT2D eigenvalue weighted by Gasteiger charge is 2.34. The van der Waals surface area contributed by atoms with E-state index in [2.05, 4.69) is 20.6 Å². The number of nitrogens with zero attached hydrogens (tertiary/aromatic N) is 3. The number of aliphatic imine (C=N–C) groups is 1. The molecular formula is C15H22F3N5O. The molecule has 1 fully saturated rings. The Morgan fingerprint density at radius 2 is 2.29 bits per heavy atom. The minimum Gasteiger partial charge on any atom is -0.481 e. The molecule has 1 aromatic heterocycles. The molecule has 0 amide bonds. The fraction of sp³-hybridized carbons (Fsp3) is 0.600. The molecule has 2 N–H and O–H groups in total. The number of ether oxygens (including phenoxy) is 1. The van der Waals surface area contributed by atoms with Gasteiger partial charge >= 0.3 is 6.18 Å². The van der Waals surface area contributed by atoms with Gasteiger partial charge in [-0.1, -0.05) is 0 Å². The minimum atomic E-state index is -4.16. The molecule has 1 aliphatic heterocycles. The predicted octanol–water partition coefficient (Wildman–Crippen LogP) is 1.39. The number of pyridine rings is 1. The zero-order chi connectivity index (χ0) is 17.6. The minimum absolute atomic E-state index is 0.0504. The van der Waals surface area contributed by atoms with Gasteiger partial charge < -0.3 is 15.4 Å². The number of methoxy groups -OCH3 is 1. The van der Waals surface area contributed by atoms with E-state index in [1.54, 1.807) is 26.4 Å². The average molecular weight is 345 g/mol. The van der Waals surface area contributed by atoms with Crippen molar-refractivity contribution >= 4 is 5.96 Å². The molecule has 1 unspecified atom stereocenters. The normalized spacial score (nSPS) is 19.4. The van der Waals surface area contributed by atoms with Crippen LogP contribution in [0.4, 0.5) is 13.2 Å². The van der Waals surface area contributed by atoms with E-state index in [1.165, 1.54) is 4.90 Å². The van der Waals surface area contributed by atoms with Gasteiger partial charge in [0.2, 0.25) is 5.88 Å². The van der Waals surface area contributed by atoms with Crippen molar-refractivity contribution in [1.29, 1.82) is 0 Å². The standard InChI is InChI=1S/C15H22F3N5O/c1-19-14(21-8-11-3-5-20-13(7-11)24-2)22-12-4-6-23(9-12)10-15(16,17)18/h3,5,7,12H,4,6,8-10H2,1-2H3,(H2,19,21,22). The van der Waals surface area contributed by atoms with E-state index in [9.17, 15) is 13.2 Å². The van der Waals surface area contributed by atoms with Gasteiger partial charge in [-0.3, -0.25) is 9.89 Å². The van der Waals surface area contributed by atoms with Crippen molar-refractivity contribution in [3.8, 4) is 5.88 Å². The summed E-state index contributed by atoms with van der Waals surface area (Å²) in [4.78, 5) is 9.55. The van der Waals surface area contributed by atoms with Gasteiger partial charge in [-0.05, 0) is 18.1 Å². The maximum absolute atomic E-state index is 12.4. The Morgan fingerprint density at radius 3 is 2.96 bits per heavy atom. The molecule has 0 saturated carbocycles. The highest BCUT2D eigenvalue weighted by Crippen LogP contribution is 2.19. The summed E-state index contributed by atoms with van der Waals surface area (Å²) >= 11 is 0. The molecule has 24 heavy (non-hydrogen) atoms. The summed E-state index contributed by atoms with van der Waals surface area (Å²) in [5, 5.41) is 6.31. The number of aromatic nitrogens is 1. The lowest BCUT2D eigenvalue weighted by atomic mass is 10.2. The Balaban J connectivity index is 1.80. The zero-order valence-corrected chi connectivity index (χ0v) is 13.7. The molecule has 1 atom stereocenters. The van der Waals surface area contributed by atoms with E-state index in [4.69, 9.17) is 4.74 Å². The summed E-state index contributed by atoms with van der Waals surface area (Å²) in [5.41, 5.74) is 0.968. The third-order valence-corrected chi connectivity index (χ3v) is 3.71. The van der Waals surface area contributed by atoms with Gasteiger partial charge in [0.1, 0.15) is 0 Å². The summed E-state index contributed by atoms with van der Waals surface area (Å²) in [6, 6.07) is 3.61. The van der Waals surface area contributed by atoms with Gasteiger partial charge in [-0.15, -0.1) is 0 Å². The van der Waals surface area contributed by atoms with Crippen molar-refractivity contribution in [2.75, 3.05) is 33.8 Å². The number of nitrogens with one attached hydrogen (secondary N) is 2. The number of alkyl halides is 3. The van der Waals surface area contributed by atoms with E-state index >= 15 is 0 Å². The third-order valence-electron chi connectivity index (χ3n) is 3.71. The fourth-order valence-electron chi connectivity index (χ4n) is 2.59. The van der Waals surface area contributed by atoms with Crippen LogP contribution in [-0.2, 0) is 6.54 Å². The van der Waals surface area contributed by atoms with Gasteiger partial charge in [0.05, 0.1) is 13.7 Å². The van der Waals surface area contributed by atoms with Crippen molar-refractivity contribution < 1.29 is 17.9 Å². The van der Waals surface area contributed by atoms with Crippen molar-refractivity contribution in [2.45, 2.75) is 25.2 Å². The first-order valence-electron chi connectivity index (χ1n) is 7.65. The molecule has 1 aromatic rings. The van der Waals surface area contributed by atoms with Crippen LogP contribution in [0.5, 0.6) is 5.88 Å². The monoisotopic (exact) mass is 345 g/mol. The topological polar surface area (TPSA) is 61.8 Å². The zero-order valence-electron chi connectivity index (χ0n) is 13.7. The highest BCUT2D eigenvalue weighted by atomic mass is 19.4. The van der Waals surface area contributed by atoms with Crippen LogP contribution in [0.25, 0.3) is 0 Å². The molecule has 1 aliphatic rings. The summed E-state index contributed by atoms with van der Waals surface area (Å²) in [6.07, 6.45) is -1.85. The van der Waals surface area contributed by atoms with Gasteiger partial charge in [0.15, 0.2) is 5.96 Å². The molecular weight excluding hydrogens is 323 g/mol. The van der Waals surface area contributed by atoms with Crippen LogP contribution in [0.2, 0.25) is 0 Å². The van der Waals surface area contributed by atoms with Crippen LogP contribution in [0.15, 0.2) is 23.3 Å². The molecule has 0 aromatic carbocycles. The first-order chi connectivity index (χ1) is 11.4. The number of hydrogen-bond acceptors (Lipinski definition) is 4. The first kappa shape index (κ1) is 18.3. The molecule has 6 nitrogen and oxygen atoms in total. The van der Waals surface area contributed by atoms with Crippen LogP contribution in [-0.4, -0.2) is 61.9 Å². The van der Waals surface area contributed by atoms with Crippen LogP contribution in [0.1, 0.15) is 12.0 Å². The Bertz CT molecular complexity index is 564. The highest BCUT2D eigenvalue weighted by molar-refractivity contribution is 5.80. The molecule has 2 heterocycles. The lowest BCUT2D eigenvalue weighted by Gasteiger charge is -2.19. The van der Waals surface area contributed by atoms with Crippen LogP contribution < -0.4 is 15.4 Å². The largest absolute Gasteiger partial charge is 0.481 e. The summed E-state index contributed by atoms with van der Waals surface area (Å²) in [7, 11) is 3.18. The van der Waals surface area contributed by atoms with E-state index in [0.717, 1.165) is 5.56 Å². The number of likely N-dealkylation sites (tertiary alicyclic amines) is 1. The Hall–Kier alpha value is -2.03. The van der Waals surface area contributed by atoms with Gasteiger partial charge in [0.25, 0.3) is 0 Å². The lowest BCUT2D eigenvalue weighted by molar-refractivity contribution is -0.143. The average Bonchev–Trinajstić information content (AvgIpc) is 2.96. The molecule has 0 radical (unpaired) electrons. The number of rotatable bonds is 5. The number of halogens is 3. The van der Waals surface area contributed by atoms with Crippen LogP contribution in [0, 0.1) is 0 Å². The number of guanidine groups is 1. The van der Waals surface area contributed by atoms with Crippen LogP contribution >= 0.6 is 0 Å². The van der Waals surface area contributed by atoms with E-state index < -0.39 is 12.7 Å². The van der Waals surface area contributed by atoms with Gasteiger partial charge in [-0.25, -0.2) is 4.98 Å². The maximum atomic E-state index is 12.4. The molecule has 1 saturated heterocycles. The van der Waals surface area contributed by atoms with E-state index in [1.807, 2.05) is 6.07 Å². The molecule has 0 spiro atoms. The van der Waals surface area contributed by atoms with Crippen molar-refractivity contribution in [1.82, 2.24) is 20.5 Å². The second kappa shape index (κ2) is 8.18. The summed E-state index contributed by atoms with van der Waals surface area (Å²) in [6.45, 7) is 0.421. The smallest absolute Gasteiger partial charge is 0.401 e. The predicted molar refractivity (Wildman–Crippen MR) is 85.0 cm³/mol. The molecule has 2 rings (SSSR count). The van der Waals surface area contributed by atoms with Gasteiger partial charge in [-0.2, -0.15) is 13.2 Å². The Morgan fingerprint density at radius 1 is 1.50 bits per heavy atom. The SMILES string of the molecule is CN=C(NCc1ccnc(OC)c1)NC1CCN(CC(F)(F)F)C1. The Labute approximate surface area is 139 Å². The van der Waals surface area contributed by atoms with Crippen molar-refractivity contribution in [2.24, 2.45) is 4.99 Å². The van der Waals surface area contributed by atoms with Gasteiger partial charge in [0, 0.05) is 45.0 Å². The lowest BCUT2D eigenvalue weighted by Crippen LogP contribution is -2.44. The molecule has 0 bridgehead atoms.